The van der Waals surface area contributed by atoms with Gasteiger partial charge in [0.2, 0.25) is 0 Å². The number of nitrogens with zero attached hydrogens (tertiary/aromatic N) is 1. The molecule has 6 heteroatoms. The Hall–Kier alpha value is -3.28. The van der Waals surface area contributed by atoms with Gasteiger partial charge in [0.15, 0.2) is 12.4 Å². The van der Waals surface area contributed by atoms with Crippen LogP contribution in [0.4, 0.5) is 0 Å². The largest absolute Gasteiger partial charge is 0.456 e. The van der Waals surface area contributed by atoms with Crippen molar-refractivity contribution >= 4 is 23.6 Å². The average molecular weight is 365 g/mol. The van der Waals surface area contributed by atoms with E-state index in [0.717, 1.165) is 16.9 Å². The fourth-order valence-electron chi connectivity index (χ4n) is 2.93. The van der Waals surface area contributed by atoms with Crippen molar-refractivity contribution in [2.24, 2.45) is 0 Å². The van der Waals surface area contributed by atoms with Crippen LogP contribution in [0.25, 0.3) is 0 Å². The highest BCUT2D eigenvalue weighted by Crippen LogP contribution is 2.24. The first kappa shape index (κ1) is 18.5. The number of ketones is 1. The number of carbonyl (C=O) groups excluding carboxylic acids is 4. The fourth-order valence-corrected chi connectivity index (χ4v) is 2.93. The number of fused-ring (bicyclic) bond motifs is 1. The first-order chi connectivity index (χ1) is 12.9. The van der Waals surface area contributed by atoms with Crippen LogP contribution < -0.4 is 0 Å². The molecule has 1 atom stereocenters. The fraction of sp³-hybridized carbons (Fsp3) is 0.238. The van der Waals surface area contributed by atoms with Gasteiger partial charge in [-0.1, -0.05) is 43.3 Å². The summed E-state index contributed by atoms with van der Waals surface area (Å²) in [5.74, 6) is -2.23. The number of rotatable bonds is 6. The van der Waals surface area contributed by atoms with Crippen molar-refractivity contribution in [3.8, 4) is 0 Å². The van der Waals surface area contributed by atoms with Crippen LogP contribution in [0.5, 0.6) is 0 Å². The molecule has 0 saturated carbocycles. The molecule has 138 valence electrons. The minimum atomic E-state index is -1.12. The molecule has 1 aliphatic heterocycles. The lowest BCUT2D eigenvalue weighted by Crippen LogP contribution is -2.44. The summed E-state index contributed by atoms with van der Waals surface area (Å²) in [5, 5.41) is 0. The summed E-state index contributed by atoms with van der Waals surface area (Å²) in [4.78, 5) is 50.1. The van der Waals surface area contributed by atoms with Crippen molar-refractivity contribution in [2.75, 3.05) is 6.61 Å². The van der Waals surface area contributed by atoms with Crippen LogP contribution in [0.15, 0.2) is 48.5 Å². The third kappa shape index (κ3) is 3.51. The Balaban J connectivity index is 1.63. The predicted octanol–water partition coefficient (Wildman–Crippen LogP) is 2.66. The Morgan fingerprint density at radius 3 is 2.04 bits per heavy atom. The molecule has 0 aliphatic carbocycles. The summed E-state index contributed by atoms with van der Waals surface area (Å²) in [6.07, 6.45) is 0.862. The van der Waals surface area contributed by atoms with E-state index in [4.69, 9.17) is 4.74 Å². The highest BCUT2D eigenvalue weighted by atomic mass is 16.5. The normalized spacial score (nSPS) is 14.1. The van der Waals surface area contributed by atoms with Crippen molar-refractivity contribution < 1.29 is 23.9 Å². The molecule has 2 aromatic carbocycles. The molecular formula is C21H19NO5. The lowest BCUT2D eigenvalue weighted by molar-refractivity contribution is -0.146. The molecule has 2 aromatic rings. The third-order valence-corrected chi connectivity index (χ3v) is 4.58. The molecule has 0 aromatic heterocycles. The average Bonchev–Trinajstić information content (AvgIpc) is 2.96. The second-order valence-electron chi connectivity index (χ2n) is 6.28. The SMILES string of the molecule is CCc1ccc(C(=O)COC(=O)C(C)N2C(=O)c3ccccc3C2=O)cc1. The number of esters is 1. The van der Waals surface area contributed by atoms with Crippen LogP contribution in [-0.4, -0.2) is 41.1 Å². The number of hydrogen-bond acceptors (Lipinski definition) is 5. The number of imide groups is 1. The molecule has 0 spiro atoms. The van der Waals surface area contributed by atoms with Crippen molar-refractivity contribution in [1.82, 2.24) is 4.90 Å². The molecule has 1 heterocycles. The van der Waals surface area contributed by atoms with Gasteiger partial charge in [-0.25, -0.2) is 4.79 Å². The van der Waals surface area contributed by atoms with Gasteiger partial charge in [0.25, 0.3) is 11.8 Å². The van der Waals surface area contributed by atoms with E-state index < -0.39 is 30.4 Å². The van der Waals surface area contributed by atoms with Crippen LogP contribution in [0, 0.1) is 0 Å². The third-order valence-electron chi connectivity index (χ3n) is 4.58. The lowest BCUT2D eigenvalue weighted by atomic mass is 10.1. The van der Waals surface area contributed by atoms with E-state index in [1.165, 1.54) is 19.1 Å². The number of Topliss-reactive ketones (excluding diaryl/α,β-unsaturated/α-hetero) is 1. The molecule has 1 aliphatic rings. The highest BCUT2D eigenvalue weighted by Gasteiger charge is 2.41. The van der Waals surface area contributed by atoms with Gasteiger partial charge in [-0.05, 0) is 31.0 Å². The molecule has 0 bridgehead atoms. The van der Waals surface area contributed by atoms with Gasteiger partial charge >= 0.3 is 5.97 Å². The van der Waals surface area contributed by atoms with E-state index in [0.29, 0.717) is 5.56 Å². The van der Waals surface area contributed by atoms with Gasteiger partial charge in [0, 0.05) is 5.56 Å². The number of ether oxygens (including phenoxy) is 1. The number of carbonyl (C=O) groups is 4. The Bertz CT molecular complexity index is 881. The van der Waals surface area contributed by atoms with Crippen LogP contribution >= 0.6 is 0 Å². The minimum absolute atomic E-state index is 0.259. The van der Waals surface area contributed by atoms with Crippen molar-refractivity contribution in [1.29, 1.82) is 0 Å². The smallest absolute Gasteiger partial charge is 0.329 e. The minimum Gasteiger partial charge on any atom is -0.456 e. The van der Waals surface area contributed by atoms with E-state index in [1.54, 1.807) is 24.3 Å². The highest BCUT2D eigenvalue weighted by molar-refractivity contribution is 6.22. The topological polar surface area (TPSA) is 80.8 Å². The maximum atomic E-state index is 12.4. The van der Waals surface area contributed by atoms with E-state index >= 15 is 0 Å². The summed E-state index contributed by atoms with van der Waals surface area (Å²) in [5.41, 5.74) is 2.06. The molecule has 0 radical (unpaired) electrons. The zero-order chi connectivity index (χ0) is 19.6. The van der Waals surface area contributed by atoms with E-state index in [2.05, 4.69) is 0 Å². The summed E-state index contributed by atoms with van der Waals surface area (Å²) in [6, 6.07) is 12.3. The van der Waals surface area contributed by atoms with Crippen LogP contribution in [-0.2, 0) is 16.0 Å². The lowest BCUT2D eigenvalue weighted by Gasteiger charge is -2.20. The van der Waals surface area contributed by atoms with Gasteiger partial charge in [0.05, 0.1) is 11.1 Å². The van der Waals surface area contributed by atoms with E-state index in [1.807, 2.05) is 19.1 Å². The van der Waals surface area contributed by atoms with Gasteiger partial charge in [-0.3, -0.25) is 19.3 Å². The first-order valence-corrected chi connectivity index (χ1v) is 8.69. The number of amides is 2. The van der Waals surface area contributed by atoms with Crippen LogP contribution in [0.2, 0.25) is 0 Å². The molecule has 3 rings (SSSR count). The van der Waals surface area contributed by atoms with Crippen molar-refractivity contribution in [3.05, 3.63) is 70.8 Å². The maximum absolute atomic E-state index is 12.4. The van der Waals surface area contributed by atoms with Crippen molar-refractivity contribution in [3.63, 3.8) is 0 Å². The van der Waals surface area contributed by atoms with E-state index in [-0.39, 0.29) is 16.9 Å². The zero-order valence-corrected chi connectivity index (χ0v) is 15.1. The van der Waals surface area contributed by atoms with Gasteiger partial charge in [-0.2, -0.15) is 0 Å². The van der Waals surface area contributed by atoms with Crippen LogP contribution in [0.3, 0.4) is 0 Å². The summed E-state index contributed by atoms with van der Waals surface area (Å²) >= 11 is 0. The number of benzene rings is 2. The van der Waals surface area contributed by atoms with E-state index in [9.17, 15) is 19.2 Å². The molecule has 1 unspecified atom stereocenters. The standard InChI is InChI=1S/C21H19NO5/c1-3-14-8-10-15(11-9-14)18(23)12-27-21(26)13(2)22-19(24)16-6-4-5-7-17(16)20(22)25/h4-11,13H,3,12H2,1-2H3. The molecule has 6 nitrogen and oxygen atoms in total. The monoisotopic (exact) mass is 365 g/mol. The quantitative estimate of drug-likeness (QED) is 0.447. The number of aryl methyl sites for hydroxylation is 1. The zero-order valence-electron chi connectivity index (χ0n) is 15.1. The second-order valence-corrected chi connectivity index (χ2v) is 6.28. The molecule has 27 heavy (non-hydrogen) atoms. The predicted molar refractivity (Wildman–Crippen MR) is 97.5 cm³/mol. The van der Waals surface area contributed by atoms with Gasteiger partial charge < -0.3 is 4.74 Å². The number of hydrogen-bond donors (Lipinski definition) is 0. The molecule has 0 fully saturated rings. The van der Waals surface area contributed by atoms with Gasteiger partial charge in [-0.15, -0.1) is 0 Å². The van der Waals surface area contributed by atoms with Gasteiger partial charge in [0.1, 0.15) is 6.04 Å². The molecule has 2 amide bonds. The Morgan fingerprint density at radius 2 is 1.52 bits per heavy atom. The Labute approximate surface area is 156 Å². The second kappa shape index (κ2) is 7.53. The Morgan fingerprint density at radius 1 is 0.963 bits per heavy atom. The first-order valence-electron chi connectivity index (χ1n) is 8.69. The summed E-state index contributed by atoms with van der Waals surface area (Å²) < 4.78 is 5.05. The molecular weight excluding hydrogens is 346 g/mol. The maximum Gasteiger partial charge on any atom is 0.329 e. The summed E-state index contributed by atoms with van der Waals surface area (Å²) in [7, 11) is 0. The Kier molecular flexibility index (Phi) is 5.16. The molecule has 0 N–H and O–H groups in total. The molecule has 0 saturated heterocycles. The summed E-state index contributed by atoms with van der Waals surface area (Å²) in [6.45, 7) is 2.97. The van der Waals surface area contributed by atoms with Crippen LogP contribution in [0.1, 0.15) is 50.5 Å². The van der Waals surface area contributed by atoms with Crippen molar-refractivity contribution in [2.45, 2.75) is 26.3 Å².